The first kappa shape index (κ1) is 36.8. The predicted octanol–water partition coefficient (Wildman–Crippen LogP) is 15.8. The Balaban J connectivity index is 1.35. The zero-order chi connectivity index (χ0) is 33.1. The molecule has 6 aliphatic carbocycles. The third-order valence-electron chi connectivity index (χ3n) is 17.9. The van der Waals surface area contributed by atoms with Crippen molar-refractivity contribution in [2.75, 3.05) is 0 Å². The van der Waals surface area contributed by atoms with E-state index in [9.17, 15) is 0 Å². The van der Waals surface area contributed by atoms with Gasteiger partial charge in [0.15, 0.2) is 0 Å². The first-order valence-electron chi connectivity index (χ1n) is 22.5. The molecule has 9 atom stereocenters. The molecule has 6 bridgehead atoms. The molecule has 0 radical (unpaired) electrons. The third-order valence-corrected chi connectivity index (χ3v) is 17.9. The van der Waals surface area contributed by atoms with E-state index in [1.54, 1.807) is 96.3 Å². The second-order valence-corrected chi connectivity index (χ2v) is 21.5. The van der Waals surface area contributed by atoms with Crippen LogP contribution in [0, 0.1) is 50.2 Å². The molecule has 0 aromatic heterocycles. The van der Waals surface area contributed by atoms with Crippen molar-refractivity contribution in [2.45, 2.75) is 247 Å². The lowest BCUT2D eigenvalue weighted by Crippen LogP contribution is -2.46. The van der Waals surface area contributed by atoms with Gasteiger partial charge in [0.2, 0.25) is 0 Å². The second kappa shape index (κ2) is 15.3. The average molecular weight is 649 g/mol. The van der Waals surface area contributed by atoms with Crippen LogP contribution in [0.5, 0.6) is 0 Å². The summed E-state index contributed by atoms with van der Waals surface area (Å²) in [5.41, 5.74) is 3.74. The molecule has 6 fully saturated rings. The highest BCUT2D eigenvalue weighted by atomic mass is 14.6. The van der Waals surface area contributed by atoms with Crippen molar-refractivity contribution in [1.29, 1.82) is 0 Å². The van der Waals surface area contributed by atoms with Gasteiger partial charge in [-0.3, -0.25) is 0 Å². The summed E-state index contributed by atoms with van der Waals surface area (Å²) in [5.74, 6) is 2.78. The van der Waals surface area contributed by atoms with Crippen LogP contribution in [0.15, 0.2) is 0 Å². The summed E-state index contributed by atoms with van der Waals surface area (Å²) in [4.78, 5) is 0. The summed E-state index contributed by atoms with van der Waals surface area (Å²) in [6.45, 7) is 13.5. The van der Waals surface area contributed by atoms with E-state index in [0.717, 1.165) is 17.8 Å². The number of rotatable bonds is 2. The Bertz CT molecular complexity index is 981. The highest BCUT2D eigenvalue weighted by Gasteiger charge is 2.54. The summed E-state index contributed by atoms with van der Waals surface area (Å²) >= 11 is 0. The van der Waals surface area contributed by atoms with E-state index in [2.05, 4.69) is 34.6 Å². The predicted molar refractivity (Wildman–Crippen MR) is 206 cm³/mol. The summed E-state index contributed by atoms with van der Waals surface area (Å²) < 4.78 is 0. The van der Waals surface area contributed by atoms with E-state index in [1.165, 1.54) is 116 Å². The SMILES string of the molecule is CC1CCCC2(C34CCCCC(C56CCCCC(C)(CCCC(C)C5)CCC6)(CCCC(C)C3)CCC4)CCCCC(C)(CCC2)C1. The van der Waals surface area contributed by atoms with E-state index in [-0.39, 0.29) is 0 Å². The van der Waals surface area contributed by atoms with Crippen LogP contribution in [0.25, 0.3) is 0 Å². The van der Waals surface area contributed by atoms with Gasteiger partial charge in [-0.05, 0) is 166 Å². The molecule has 0 saturated heterocycles. The van der Waals surface area contributed by atoms with Crippen LogP contribution in [0.4, 0.5) is 0 Å². The van der Waals surface area contributed by atoms with Crippen LogP contribution in [-0.2, 0) is 0 Å². The maximum atomic E-state index is 2.74. The zero-order valence-electron chi connectivity index (χ0n) is 33.1. The summed E-state index contributed by atoms with van der Waals surface area (Å²) in [7, 11) is 0. The molecule has 6 rings (SSSR count). The van der Waals surface area contributed by atoms with Crippen molar-refractivity contribution in [1.82, 2.24) is 0 Å². The van der Waals surface area contributed by atoms with Crippen molar-refractivity contribution in [3.8, 4) is 0 Å². The minimum absolute atomic E-state index is 0.616. The van der Waals surface area contributed by atoms with Gasteiger partial charge in [-0.25, -0.2) is 0 Å². The van der Waals surface area contributed by atoms with Gasteiger partial charge in [-0.15, -0.1) is 0 Å². The molecule has 6 saturated carbocycles. The van der Waals surface area contributed by atoms with Gasteiger partial charge in [-0.1, -0.05) is 131 Å². The molecule has 9 unspecified atom stereocenters. The maximum absolute atomic E-state index is 2.74. The molecule has 0 nitrogen and oxygen atoms in total. The van der Waals surface area contributed by atoms with Gasteiger partial charge in [0, 0.05) is 0 Å². The van der Waals surface area contributed by atoms with E-state index in [1.807, 2.05) is 0 Å². The fraction of sp³-hybridized carbons (Fsp3) is 1.00. The average Bonchev–Trinajstić information content (AvgIpc) is 3.16. The molecule has 0 heteroatoms. The third kappa shape index (κ3) is 8.08. The van der Waals surface area contributed by atoms with Gasteiger partial charge >= 0.3 is 0 Å². The smallest absolute Gasteiger partial charge is 0.0238 e. The highest BCUT2D eigenvalue weighted by Crippen LogP contribution is 2.66. The Morgan fingerprint density at radius 1 is 0.277 bits per heavy atom. The van der Waals surface area contributed by atoms with Crippen LogP contribution in [0.1, 0.15) is 247 Å². The van der Waals surface area contributed by atoms with Crippen LogP contribution < -0.4 is 0 Å². The molecule has 47 heavy (non-hydrogen) atoms. The number of hydrogen-bond acceptors (Lipinski definition) is 0. The van der Waals surface area contributed by atoms with Gasteiger partial charge in [0.1, 0.15) is 0 Å². The number of hydrogen-bond donors (Lipinski definition) is 0. The first-order chi connectivity index (χ1) is 22.5. The van der Waals surface area contributed by atoms with Gasteiger partial charge in [-0.2, -0.15) is 0 Å². The van der Waals surface area contributed by atoms with Crippen molar-refractivity contribution >= 4 is 0 Å². The molecular formula is C47H84. The Labute approximate surface area is 295 Å². The van der Waals surface area contributed by atoms with Crippen LogP contribution >= 0.6 is 0 Å². The Hall–Kier alpha value is 0. The summed E-state index contributed by atoms with van der Waals surface area (Å²) in [5, 5.41) is 0. The molecule has 272 valence electrons. The molecule has 0 heterocycles. The van der Waals surface area contributed by atoms with E-state index in [4.69, 9.17) is 0 Å². The molecule has 0 amide bonds. The Morgan fingerprint density at radius 3 is 1.09 bits per heavy atom. The fourth-order valence-electron chi connectivity index (χ4n) is 15.6. The molecular weight excluding hydrogens is 565 g/mol. The summed E-state index contributed by atoms with van der Waals surface area (Å²) in [6.07, 6.45) is 51.0. The zero-order valence-corrected chi connectivity index (χ0v) is 33.1. The maximum Gasteiger partial charge on any atom is -0.0238 e. The van der Waals surface area contributed by atoms with E-state index in [0.29, 0.717) is 32.5 Å². The van der Waals surface area contributed by atoms with Gasteiger partial charge < -0.3 is 0 Å². The topological polar surface area (TPSA) is 0 Å². The molecule has 0 spiro atoms. The van der Waals surface area contributed by atoms with Gasteiger partial charge in [0.25, 0.3) is 0 Å². The van der Waals surface area contributed by atoms with Crippen molar-refractivity contribution in [3.05, 3.63) is 0 Å². The summed E-state index contributed by atoms with van der Waals surface area (Å²) in [6, 6.07) is 0. The molecule has 0 aromatic carbocycles. The van der Waals surface area contributed by atoms with Crippen molar-refractivity contribution in [2.24, 2.45) is 50.2 Å². The minimum Gasteiger partial charge on any atom is -0.0625 e. The molecule has 6 aliphatic rings. The highest BCUT2D eigenvalue weighted by molar-refractivity contribution is 5.05. The molecule has 0 N–H and O–H groups in total. The van der Waals surface area contributed by atoms with E-state index >= 15 is 0 Å². The van der Waals surface area contributed by atoms with Gasteiger partial charge in [0.05, 0.1) is 0 Å². The lowest BCUT2D eigenvalue weighted by molar-refractivity contribution is -0.0581. The quantitative estimate of drug-likeness (QED) is 0.279. The van der Waals surface area contributed by atoms with Crippen LogP contribution in [0.3, 0.4) is 0 Å². The Kier molecular flexibility index (Phi) is 12.0. The van der Waals surface area contributed by atoms with Crippen molar-refractivity contribution in [3.63, 3.8) is 0 Å². The fourth-order valence-corrected chi connectivity index (χ4v) is 15.6. The van der Waals surface area contributed by atoms with Crippen LogP contribution in [0.2, 0.25) is 0 Å². The lowest BCUT2D eigenvalue weighted by atomic mass is 9.49. The van der Waals surface area contributed by atoms with E-state index < -0.39 is 0 Å². The second-order valence-electron chi connectivity index (χ2n) is 21.5. The first-order valence-corrected chi connectivity index (χ1v) is 22.5. The normalized spacial score (nSPS) is 48.6. The van der Waals surface area contributed by atoms with Crippen molar-refractivity contribution < 1.29 is 0 Å². The van der Waals surface area contributed by atoms with Crippen LogP contribution in [-0.4, -0.2) is 0 Å². The molecule has 0 aromatic rings. The molecule has 0 aliphatic heterocycles. The monoisotopic (exact) mass is 649 g/mol. The standard InChI is InChI=1S/C47H84/c1-39-19-13-30-44(26-8-7-22-43(5,36-39)25-16-32-44)47-29-11-10-27-45(33-17-35-47,31-14-20-41(3)38-47)46-28-9-6-21-42(4,24-15-34-46)23-12-18-40(2)37-46/h39-41H,6-38H2,1-5H3. The Morgan fingerprint density at radius 2 is 0.553 bits per heavy atom. The minimum atomic E-state index is 0.616. The lowest BCUT2D eigenvalue weighted by Gasteiger charge is -2.56. The largest absolute Gasteiger partial charge is 0.0625 e. The number of fused-ring (bicyclic) bond motifs is 14.